The number of aromatic carboxylic acids is 1. The first-order valence-corrected chi connectivity index (χ1v) is 4.00. The van der Waals surface area contributed by atoms with Crippen molar-refractivity contribution in [1.29, 1.82) is 0 Å². The number of carboxylic acids is 1. The molecule has 14 heavy (non-hydrogen) atoms. The summed E-state index contributed by atoms with van der Waals surface area (Å²) in [5, 5.41) is 15.7. The number of carbonyl (C=O) groups excluding carboxylic acids is 1. The lowest BCUT2D eigenvalue weighted by Gasteiger charge is -2.00. The maximum Gasteiger partial charge on any atom is 0.358 e. The Kier molecular flexibility index (Phi) is 2.80. The van der Waals surface area contributed by atoms with Crippen molar-refractivity contribution in [3.63, 3.8) is 0 Å². The summed E-state index contributed by atoms with van der Waals surface area (Å²) >= 11 is 0. The number of hydrogen-bond acceptors (Lipinski definition) is 4. The quantitative estimate of drug-likeness (QED) is 0.646. The molecule has 0 saturated carbocycles. The smallest absolute Gasteiger partial charge is 0.358 e. The van der Waals surface area contributed by atoms with Gasteiger partial charge in [0.05, 0.1) is 5.69 Å². The van der Waals surface area contributed by atoms with E-state index in [-0.39, 0.29) is 12.2 Å². The Labute approximate surface area is 79.5 Å². The van der Waals surface area contributed by atoms with Crippen LogP contribution in [0.4, 0.5) is 0 Å². The maximum absolute atomic E-state index is 10.6. The minimum atomic E-state index is -1.16. The van der Waals surface area contributed by atoms with Gasteiger partial charge in [0.2, 0.25) is 5.91 Å². The van der Waals surface area contributed by atoms with Crippen LogP contribution in [0.2, 0.25) is 0 Å². The van der Waals surface area contributed by atoms with Gasteiger partial charge in [0.1, 0.15) is 6.54 Å². The Bertz CT molecular complexity index is 371. The van der Waals surface area contributed by atoms with Crippen LogP contribution in [0.1, 0.15) is 23.1 Å². The minimum Gasteiger partial charge on any atom is -0.476 e. The van der Waals surface area contributed by atoms with Crippen molar-refractivity contribution in [2.75, 3.05) is 0 Å². The topological polar surface area (TPSA) is 111 Å². The molecule has 76 valence electrons. The number of aromatic nitrogens is 3. The van der Waals surface area contributed by atoms with Crippen LogP contribution < -0.4 is 5.73 Å². The fraction of sp³-hybridized carbons (Fsp3) is 0.429. The number of rotatable bonds is 4. The van der Waals surface area contributed by atoms with Gasteiger partial charge in [-0.15, -0.1) is 5.10 Å². The number of nitrogens with two attached hydrogens (primary N) is 1. The van der Waals surface area contributed by atoms with Crippen LogP contribution in [0.5, 0.6) is 0 Å². The zero-order valence-corrected chi connectivity index (χ0v) is 7.60. The molecule has 0 fully saturated rings. The Morgan fingerprint density at radius 1 is 1.57 bits per heavy atom. The van der Waals surface area contributed by atoms with Gasteiger partial charge in [-0.2, -0.15) is 0 Å². The first-order chi connectivity index (χ1) is 6.56. The van der Waals surface area contributed by atoms with Crippen LogP contribution in [-0.2, 0) is 17.8 Å². The third-order valence-electron chi connectivity index (χ3n) is 1.68. The lowest BCUT2D eigenvalue weighted by molar-refractivity contribution is -0.118. The van der Waals surface area contributed by atoms with Crippen molar-refractivity contribution in [3.8, 4) is 0 Å². The third-order valence-corrected chi connectivity index (χ3v) is 1.68. The molecular weight excluding hydrogens is 188 g/mol. The predicted molar refractivity (Wildman–Crippen MR) is 45.6 cm³/mol. The average molecular weight is 198 g/mol. The molecule has 0 spiro atoms. The molecule has 1 amide bonds. The molecule has 0 aromatic carbocycles. The van der Waals surface area contributed by atoms with Gasteiger partial charge >= 0.3 is 5.97 Å². The highest BCUT2D eigenvalue weighted by atomic mass is 16.4. The van der Waals surface area contributed by atoms with Gasteiger partial charge in [-0.25, -0.2) is 9.48 Å². The molecule has 0 aliphatic heterocycles. The van der Waals surface area contributed by atoms with E-state index in [0.29, 0.717) is 12.1 Å². The zero-order chi connectivity index (χ0) is 10.7. The summed E-state index contributed by atoms with van der Waals surface area (Å²) in [5.74, 6) is -1.74. The van der Waals surface area contributed by atoms with Gasteiger partial charge in [0.25, 0.3) is 0 Å². The predicted octanol–water partition coefficient (Wildman–Crippen LogP) is -0.976. The van der Waals surface area contributed by atoms with E-state index < -0.39 is 11.9 Å². The average Bonchev–Trinajstić information content (AvgIpc) is 2.46. The molecule has 1 rings (SSSR count). The Hall–Kier alpha value is -1.92. The van der Waals surface area contributed by atoms with Crippen molar-refractivity contribution >= 4 is 11.9 Å². The molecule has 0 saturated heterocycles. The SMILES string of the molecule is CCc1c(C(=O)O)nnn1CC(N)=O. The second-order valence-electron chi connectivity index (χ2n) is 2.67. The summed E-state index contributed by atoms with van der Waals surface area (Å²) in [6, 6.07) is 0. The summed E-state index contributed by atoms with van der Waals surface area (Å²) in [6.45, 7) is 1.60. The molecule has 0 aliphatic rings. The number of amides is 1. The third kappa shape index (κ3) is 1.87. The monoisotopic (exact) mass is 198 g/mol. The van der Waals surface area contributed by atoms with Crippen LogP contribution in [0.25, 0.3) is 0 Å². The van der Waals surface area contributed by atoms with E-state index in [4.69, 9.17) is 10.8 Å². The molecule has 0 atom stereocenters. The van der Waals surface area contributed by atoms with E-state index in [2.05, 4.69) is 10.3 Å². The molecule has 1 aromatic heterocycles. The first-order valence-electron chi connectivity index (χ1n) is 4.00. The van der Waals surface area contributed by atoms with Gasteiger partial charge < -0.3 is 10.8 Å². The molecule has 7 nitrogen and oxygen atoms in total. The lowest BCUT2D eigenvalue weighted by Crippen LogP contribution is -2.21. The Morgan fingerprint density at radius 3 is 2.64 bits per heavy atom. The van der Waals surface area contributed by atoms with Crippen LogP contribution in [0.15, 0.2) is 0 Å². The standard InChI is InChI=1S/C7H10N4O3/c1-2-4-6(7(13)14)9-10-11(4)3-5(8)12/h2-3H2,1H3,(H2,8,12)(H,13,14). The highest BCUT2D eigenvalue weighted by molar-refractivity contribution is 5.86. The van der Waals surface area contributed by atoms with Gasteiger partial charge in [0.15, 0.2) is 5.69 Å². The van der Waals surface area contributed by atoms with Gasteiger partial charge in [-0.05, 0) is 6.42 Å². The van der Waals surface area contributed by atoms with Crippen LogP contribution in [-0.4, -0.2) is 32.0 Å². The van der Waals surface area contributed by atoms with Crippen molar-refractivity contribution in [2.24, 2.45) is 5.73 Å². The van der Waals surface area contributed by atoms with Crippen LogP contribution >= 0.6 is 0 Å². The highest BCUT2D eigenvalue weighted by Gasteiger charge is 2.17. The summed E-state index contributed by atoms with van der Waals surface area (Å²) in [5.41, 5.74) is 5.23. The minimum absolute atomic E-state index is 0.131. The van der Waals surface area contributed by atoms with Crippen molar-refractivity contribution < 1.29 is 14.7 Å². The summed E-state index contributed by atoms with van der Waals surface area (Å²) in [4.78, 5) is 21.2. The molecule has 0 bridgehead atoms. The lowest BCUT2D eigenvalue weighted by atomic mass is 10.2. The zero-order valence-electron chi connectivity index (χ0n) is 7.60. The molecular formula is C7H10N4O3. The Morgan fingerprint density at radius 2 is 2.21 bits per heavy atom. The summed E-state index contributed by atoms with van der Waals surface area (Å²) < 4.78 is 1.20. The normalized spacial score (nSPS) is 10.1. The largest absolute Gasteiger partial charge is 0.476 e. The number of nitrogens with zero attached hydrogens (tertiary/aromatic N) is 3. The second-order valence-corrected chi connectivity index (χ2v) is 2.67. The fourth-order valence-electron chi connectivity index (χ4n) is 1.12. The van der Waals surface area contributed by atoms with E-state index in [1.54, 1.807) is 6.92 Å². The van der Waals surface area contributed by atoms with Crippen molar-refractivity contribution in [1.82, 2.24) is 15.0 Å². The van der Waals surface area contributed by atoms with Crippen molar-refractivity contribution in [2.45, 2.75) is 19.9 Å². The molecule has 0 unspecified atom stereocenters. The van der Waals surface area contributed by atoms with Crippen LogP contribution in [0.3, 0.4) is 0 Å². The van der Waals surface area contributed by atoms with Gasteiger partial charge in [-0.1, -0.05) is 12.1 Å². The fourth-order valence-corrected chi connectivity index (χ4v) is 1.12. The van der Waals surface area contributed by atoms with E-state index >= 15 is 0 Å². The van der Waals surface area contributed by atoms with Gasteiger partial charge in [0, 0.05) is 0 Å². The summed E-state index contributed by atoms with van der Waals surface area (Å²) in [7, 11) is 0. The number of carbonyl (C=O) groups is 2. The molecule has 1 heterocycles. The molecule has 0 radical (unpaired) electrons. The number of hydrogen-bond donors (Lipinski definition) is 2. The highest BCUT2D eigenvalue weighted by Crippen LogP contribution is 2.05. The molecule has 1 aromatic rings. The summed E-state index contributed by atoms with van der Waals surface area (Å²) in [6.07, 6.45) is 0.432. The van der Waals surface area contributed by atoms with Gasteiger partial charge in [-0.3, -0.25) is 4.79 Å². The second kappa shape index (κ2) is 3.86. The van der Waals surface area contributed by atoms with E-state index in [1.807, 2.05) is 0 Å². The molecule has 7 heteroatoms. The first kappa shape index (κ1) is 10.2. The van der Waals surface area contributed by atoms with E-state index in [0.717, 1.165) is 0 Å². The van der Waals surface area contributed by atoms with Crippen molar-refractivity contribution in [3.05, 3.63) is 11.4 Å². The van der Waals surface area contributed by atoms with Crippen LogP contribution in [0, 0.1) is 0 Å². The molecule has 3 N–H and O–H groups in total. The number of carboxylic acid groups (broad SMARTS) is 1. The molecule has 0 aliphatic carbocycles. The Balaban J connectivity index is 3.07. The van der Waals surface area contributed by atoms with E-state index in [9.17, 15) is 9.59 Å². The number of primary amides is 1. The van der Waals surface area contributed by atoms with E-state index in [1.165, 1.54) is 4.68 Å². The maximum atomic E-state index is 10.6.